The molecular formula is C15H24N2. The minimum atomic E-state index is 0.497. The van der Waals surface area contributed by atoms with Gasteiger partial charge in [0.1, 0.15) is 0 Å². The standard InChI is InChI=1S/C15H24N2/c1-13(14-8-7-9-15(16)12-14)17-10-5-3-2-4-6-11-17/h7-9,12-13H,2-6,10-11,16H2,1H3. The molecule has 1 unspecified atom stereocenters. The molecule has 1 fully saturated rings. The van der Waals surface area contributed by atoms with Crippen LogP contribution in [0.15, 0.2) is 24.3 Å². The molecule has 2 N–H and O–H groups in total. The van der Waals surface area contributed by atoms with Crippen LogP contribution in [-0.4, -0.2) is 18.0 Å². The summed E-state index contributed by atoms with van der Waals surface area (Å²) in [6, 6.07) is 8.83. The zero-order valence-corrected chi connectivity index (χ0v) is 10.9. The number of benzene rings is 1. The molecule has 0 radical (unpaired) electrons. The number of nitrogens with zero attached hydrogens (tertiary/aromatic N) is 1. The molecule has 2 heteroatoms. The Labute approximate surface area is 105 Å². The first-order valence-electron chi connectivity index (χ1n) is 6.87. The molecule has 1 aromatic carbocycles. The summed E-state index contributed by atoms with van der Waals surface area (Å²) in [5.41, 5.74) is 8.09. The summed E-state index contributed by atoms with van der Waals surface area (Å²) in [6.45, 7) is 4.77. The summed E-state index contributed by atoms with van der Waals surface area (Å²) in [7, 11) is 0. The van der Waals surface area contributed by atoms with E-state index in [4.69, 9.17) is 5.73 Å². The van der Waals surface area contributed by atoms with Crippen LogP contribution in [-0.2, 0) is 0 Å². The molecule has 0 bridgehead atoms. The summed E-state index contributed by atoms with van der Waals surface area (Å²) in [5.74, 6) is 0. The molecule has 1 aliphatic rings. The molecule has 94 valence electrons. The van der Waals surface area contributed by atoms with Crippen LogP contribution in [0.4, 0.5) is 5.69 Å². The molecule has 0 aromatic heterocycles. The van der Waals surface area contributed by atoms with E-state index in [1.165, 1.54) is 50.8 Å². The van der Waals surface area contributed by atoms with Crippen molar-refractivity contribution in [3.63, 3.8) is 0 Å². The minimum absolute atomic E-state index is 0.497. The highest BCUT2D eigenvalue weighted by atomic mass is 15.1. The molecule has 0 saturated carbocycles. The van der Waals surface area contributed by atoms with Gasteiger partial charge in [-0.2, -0.15) is 0 Å². The van der Waals surface area contributed by atoms with Crippen LogP contribution in [0.2, 0.25) is 0 Å². The van der Waals surface area contributed by atoms with E-state index in [9.17, 15) is 0 Å². The molecule has 2 nitrogen and oxygen atoms in total. The van der Waals surface area contributed by atoms with Gasteiger partial charge in [0, 0.05) is 11.7 Å². The Hall–Kier alpha value is -1.02. The van der Waals surface area contributed by atoms with E-state index < -0.39 is 0 Å². The minimum Gasteiger partial charge on any atom is -0.399 e. The fourth-order valence-electron chi connectivity index (χ4n) is 2.69. The van der Waals surface area contributed by atoms with Crippen molar-refractivity contribution in [2.24, 2.45) is 0 Å². The molecule has 0 aliphatic carbocycles. The maximum atomic E-state index is 5.86. The molecule has 1 heterocycles. The van der Waals surface area contributed by atoms with E-state index in [2.05, 4.69) is 30.0 Å². The van der Waals surface area contributed by atoms with Crippen LogP contribution in [0.1, 0.15) is 50.6 Å². The summed E-state index contributed by atoms with van der Waals surface area (Å²) in [4.78, 5) is 2.61. The average molecular weight is 232 g/mol. The maximum Gasteiger partial charge on any atom is 0.0320 e. The van der Waals surface area contributed by atoms with Crippen molar-refractivity contribution in [2.45, 2.75) is 45.1 Å². The van der Waals surface area contributed by atoms with E-state index in [0.717, 1.165) is 5.69 Å². The van der Waals surface area contributed by atoms with Crippen molar-refractivity contribution in [1.29, 1.82) is 0 Å². The second-order valence-electron chi connectivity index (χ2n) is 5.15. The SMILES string of the molecule is CC(c1cccc(N)c1)N1CCCCCCC1. The van der Waals surface area contributed by atoms with Gasteiger partial charge in [-0.15, -0.1) is 0 Å². The molecule has 0 spiro atoms. The first kappa shape index (κ1) is 12.4. The lowest BCUT2D eigenvalue weighted by atomic mass is 10.0. The molecule has 1 aromatic rings. The monoisotopic (exact) mass is 232 g/mol. The van der Waals surface area contributed by atoms with Gasteiger partial charge in [-0.05, 0) is 50.6 Å². The Kier molecular flexibility index (Phi) is 4.43. The highest BCUT2D eigenvalue weighted by Gasteiger charge is 2.16. The normalized spacial score (nSPS) is 20.5. The van der Waals surface area contributed by atoms with Crippen LogP contribution in [0, 0.1) is 0 Å². The Morgan fingerprint density at radius 3 is 2.35 bits per heavy atom. The Morgan fingerprint density at radius 1 is 1.06 bits per heavy atom. The van der Waals surface area contributed by atoms with E-state index in [0.29, 0.717) is 6.04 Å². The first-order chi connectivity index (χ1) is 8.27. The van der Waals surface area contributed by atoms with Gasteiger partial charge in [-0.25, -0.2) is 0 Å². The summed E-state index contributed by atoms with van der Waals surface area (Å²) in [5, 5.41) is 0. The van der Waals surface area contributed by atoms with Gasteiger partial charge >= 0.3 is 0 Å². The topological polar surface area (TPSA) is 29.3 Å². The average Bonchev–Trinajstić information content (AvgIpc) is 2.28. The first-order valence-corrected chi connectivity index (χ1v) is 6.87. The Bertz CT molecular complexity index is 341. The summed E-state index contributed by atoms with van der Waals surface area (Å²) in [6.07, 6.45) is 6.88. The van der Waals surface area contributed by atoms with Crippen molar-refractivity contribution in [1.82, 2.24) is 4.90 Å². The van der Waals surface area contributed by atoms with E-state index in [1.807, 2.05) is 6.07 Å². The van der Waals surface area contributed by atoms with Gasteiger partial charge in [0.05, 0.1) is 0 Å². The maximum absolute atomic E-state index is 5.86. The van der Waals surface area contributed by atoms with Crippen molar-refractivity contribution < 1.29 is 0 Å². The van der Waals surface area contributed by atoms with Crippen molar-refractivity contribution >= 4 is 5.69 Å². The van der Waals surface area contributed by atoms with Gasteiger partial charge in [0.2, 0.25) is 0 Å². The highest BCUT2D eigenvalue weighted by Crippen LogP contribution is 2.24. The lowest BCUT2D eigenvalue weighted by Crippen LogP contribution is -2.30. The number of hydrogen-bond donors (Lipinski definition) is 1. The number of hydrogen-bond acceptors (Lipinski definition) is 2. The molecule has 0 amide bonds. The predicted molar refractivity (Wildman–Crippen MR) is 73.9 cm³/mol. The van der Waals surface area contributed by atoms with E-state index in [1.54, 1.807) is 0 Å². The largest absolute Gasteiger partial charge is 0.399 e. The fourth-order valence-corrected chi connectivity index (χ4v) is 2.69. The molecule has 1 aliphatic heterocycles. The predicted octanol–water partition coefficient (Wildman–Crippen LogP) is 3.60. The second kappa shape index (κ2) is 6.06. The van der Waals surface area contributed by atoms with Crippen LogP contribution in [0.25, 0.3) is 0 Å². The van der Waals surface area contributed by atoms with Crippen molar-refractivity contribution in [3.05, 3.63) is 29.8 Å². The Balaban J connectivity index is 2.04. The molecule has 2 rings (SSSR count). The number of anilines is 1. The van der Waals surface area contributed by atoms with Crippen molar-refractivity contribution in [3.8, 4) is 0 Å². The van der Waals surface area contributed by atoms with Crippen molar-refractivity contribution in [2.75, 3.05) is 18.8 Å². The van der Waals surface area contributed by atoms with Crippen LogP contribution >= 0.6 is 0 Å². The number of likely N-dealkylation sites (tertiary alicyclic amines) is 1. The van der Waals surface area contributed by atoms with Gasteiger partial charge < -0.3 is 5.73 Å². The van der Waals surface area contributed by atoms with Crippen LogP contribution in [0.3, 0.4) is 0 Å². The Morgan fingerprint density at radius 2 is 1.71 bits per heavy atom. The summed E-state index contributed by atoms with van der Waals surface area (Å²) >= 11 is 0. The lowest BCUT2D eigenvalue weighted by molar-refractivity contribution is 0.191. The third-order valence-electron chi connectivity index (χ3n) is 3.83. The molecule has 1 atom stereocenters. The molecule has 17 heavy (non-hydrogen) atoms. The lowest BCUT2D eigenvalue weighted by Gasteiger charge is -2.31. The zero-order valence-electron chi connectivity index (χ0n) is 10.9. The third kappa shape index (κ3) is 3.47. The third-order valence-corrected chi connectivity index (χ3v) is 3.83. The zero-order chi connectivity index (χ0) is 12.1. The second-order valence-corrected chi connectivity index (χ2v) is 5.15. The fraction of sp³-hybridized carbons (Fsp3) is 0.600. The number of nitrogens with two attached hydrogens (primary N) is 1. The van der Waals surface area contributed by atoms with Gasteiger partial charge in [0.25, 0.3) is 0 Å². The van der Waals surface area contributed by atoms with Gasteiger partial charge in [-0.3, -0.25) is 4.90 Å². The van der Waals surface area contributed by atoms with Crippen LogP contribution < -0.4 is 5.73 Å². The van der Waals surface area contributed by atoms with Crippen LogP contribution in [0.5, 0.6) is 0 Å². The smallest absolute Gasteiger partial charge is 0.0320 e. The molecular weight excluding hydrogens is 208 g/mol. The molecule has 1 saturated heterocycles. The summed E-state index contributed by atoms with van der Waals surface area (Å²) < 4.78 is 0. The van der Waals surface area contributed by atoms with E-state index >= 15 is 0 Å². The highest BCUT2D eigenvalue weighted by molar-refractivity contribution is 5.41. The van der Waals surface area contributed by atoms with Gasteiger partial charge in [0.15, 0.2) is 0 Å². The number of rotatable bonds is 2. The quantitative estimate of drug-likeness (QED) is 0.789. The van der Waals surface area contributed by atoms with E-state index in [-0.39, 0.29) is 0 Å². The van der Waals surface area contributed by atoms with Gasteiger partial charge in [-0.1, -0.05) is 31.4 Å². The number of nitrogen functional groups attached to an aromatic ring is 1.